The number of carbonyl (C=O) groups is 1. The molecule has 22 heavy (non-hydrogen) atoms. The van der Waals surface area contributed by atoms with Crippen molar-refractivity contribution in [3.8, 4) is 0 Å². The van der Waals surface area contributed by atoms with Crippen molar-refractivity contribution in [1.29, 1.82) is 0 Å². The van der Waals surface area contributed by atoms with Gasteiger partial charge in [-0.2, -0.15) is 5.10 Å². The zero-order valence-corrected chi connectivity index (χ0v) is 11.7. The minimum atomic E-state index is -0.527. The van der Waals surface area contributed by atoms with Gasteiger partial charge in [-0.3, -0.25) is 4.79 Å². The minimum absolute atomic E-state index is 0.0978. The molecule has 2 aromatic carbocycles. The van der Waals surface area contributed by atoms with Crippen LogP contribution >= 0.6 is 11.6 Å². The van der Waals surface area contributed by atoms with E-state index in [2.05, 4.69) is 25.5 Å². The van der Waals surface area contributed by atoms with E-state index in [1.807, 2.05) is 0 Å². The highest BCUT2D eigenvalue weighted by Gasteiger charge is 2.08. The molecule has 1 heterocycles. The lowest BCUT2D eigenvalue weighted by molar-refractivity contribution is 0.0955. The van der Waals surface area contributed by atoms with E-state index in [4.69, 9.17) is 11.6 Å². The van der Waals surface area contributed by atoms with Crippen LogP contribution in [0.15, 0.2) is 46.1 Å². The van der Waals surface area contributed by atoms with Crippen LogP contribution in [0.1, 0.15) is 15.9 Å². The Morgan fingerprint density at radius 2 is 2.09 bits per heavy atom. The first-order valence-electron chi connectivity index (χ1n) is 6.15. The van der Waals surface area contributed by atoms with Crippen molar-refractivity contribution in [2.24, 2.45) is 5.10 Å². The van der Waals surface area contributed by atoms with Gasteiger partial charge in [0, 0.05) is 11.1 Å². The second kappa shape index (κ2) is 5.90. The fraction of sp³-hybridized carbons (Fsp3) is 0. The molecule has 0 fully saturated rings. The molecule has 6 nitrogen and oxygen atoms in total. The number of hydrazone groups is 1. The van der Waals surface area contributed by atoms with Gasteiger partial charge in [-0.1, -0.05) is 17.7 Å². The van der Waals surface area contributed by atoms with Crippen LogP contribution in [0.4, 0.5) is 4.39 Å². The number of rotatable bonds is 3. The van der Waals surface area contributed by atoms with E-state index in [1.54, 1.807) is 12.1 Å². The highest BCUT2D eigenvalue weighted by molar-refractivity contribution is 6.33. The summed E-state index contributed by atoms with van der Waals surface area (Å²) in [5, 5.41) is 11.2. The number of aromatic nitrogens is 2. The number of nitrogens with one attached hydrogen (secondary N) is 1. The molecule has 8 heteroatoms. The highest BCUT2D eigenvalue weighted by atomic mass is 35.5. The van der Waals surface area contributed by atoms with Gasteiger partial charge in [-0.25, -0.2) is 14.4 Å². The Labute approximate surface area is 128 Å². The smallest absolute Gasteiger partial charge is 0.267 e. The Hall–Kier alpha value is -2.80. The van der Waals surface area contributed by atoms with E-state index >= 15 is 0 Å². The number of amides is 1. The van der Waals surface area contributed by atoms with Crippen LogP contribution in [0, 0.1) is 5.82 Å². The van der Waals surface area contributed by atoms with Gasteiger partial charge < -0.3 is 0 Å². The molecule has 0 bridgehead atoms. The van der Waals surface area contributed by atoms with Crippen LogP contribution in [-0.2, 0) is 0 Å². The van der Waals surface area contributed by atoms with Crippen molar-refractivity contribution in [2.45, 2.75) is 0 Å². The molecule has 0 saturated heterocycles. The predicted molar refractivity (Wildman–Crippen MR) is 78.3 cm³/mol. The number of hydrogen-bond donors (Lipinski definition) is 1. The second-order valence-electron chi connectivity index (χ2n) is 4.30. The van der Waals surface area contributed by atoms with Crippen LogP contribution < -0.4 is 5.43 Å². The Morgan fingerprint density at radius 1 is 1.27 bits per heavy atom. The zero-order chi connectivity index (χ0) is 15.5. The topological polar surface area (TPSA) is 80.4 Å². The van der Waals surface area contributed by atoms with Gasteiger partial charge >= 0.3 is 0 Å². The lowest BCUT2D eigenvalue weighted by atomic mass is 10.2. The summed E-state index contributed by atoms with van der Waals surface area (Å²) in [4.78, 5) is 11.9. The summed E-state index contributed by atoms with van der Waals surface area (Å²) in [6.07, 6.45) is 1.14. The molecular formula is C14H8ClFN4O2. The van der Waals surface area contributed by atoms with E-state index in [-0.39, 0.29) is 10.6 Å². The summed E-state index contributed by atoms with van der Waals surface area (Å²) in [5.74, 6) is -1.01. The number of halogens is 2. The van der Waals surface area contributed by atoms with Crippen molar-refractivity contribution in [1.82, 2.24) is 15.7 Å². The first-order chi connectivity index (χ1) is 10.6. The molecule has 110 valence electrons. The minimum Gasteiger partial charge on any atom is -0.267 e. The Morgan fingerprint density at radius 3 is 2.91 bits per heavy atom. The molecule has 0 radical (unpaired) electrons. The lowest BCUT2D eigenvalue weighted by Crippen LogP contribution is -2.17. The second-order valence-corrected chi connectivity index (χ2v) is 4.71. The summed E-state index contributed by atoms with van der Waals surface area (Å²) in [5.41, 5.74) is 3.69. The van der Waals surface area contributed by atoms with Gasteiger partial charge in [-0.05, 0) is 40.6 Å². The molecule has 1 aromatic heterocycles. The molecule has 3 rings (SSSR count). The van der Waals surface area contributed by atoms with E-state index in [0.717, 1.165) is 6.21 Å². The highest BCUT2D eigenvalue weighted by Crippen LogP contribution is 2.16. The Kier molecular flexibility index (Phi) is 3.80. The van der Waals surface area contributed by atoms with Gasteiger partial charge in [0.2, 0.25) is 0 Å². The number of benzene rings is 2. The van der Waals surface area contributed by atoms with Gasteiger partial charge in [0.25, 0.3) is 5.91 Å². The van der Waals surface area contributed by atoms with E-state index in [9.17, 15) is 9.18 Å². The van der Waals surface area contributed by atoms with Crippen LogP contribution in [0.2, 0.25) is 5.02 Å². The third-order valence-electron chi connectivity index (χ3n) is 2.88. The number of fused-ring (bicyclic) bond motifs is 1. The quantitative estimate of drug-likeness (QED) is 0.595. The summed E-state index contributed by atoms with van der Waals surface area (Å²) >= 11 is 5.85. The normalized spacial score (nSPS) is 11.2. The van der Waals surface area contributed by atoms with Crippen molar-refractivity contribution in [3.05, 3.63) is 58.4 Å². The molecule has 0 unspecified atom stereocenters. The fourth-order valence-corrected chi connectivity index (χ4v) is 1.99. The van der Waals surface area contributed by atoms with Gasteiger partial charge in [0.15, 0.2) is 0 Å². The molecule has 1 N–H and O–H groups in total. The standard InChI is InChI=1S/C14H8ClFN4O2/c15-10-2-1-3-11(16)9(10)7-17-18-14(21)8-4-5-12-13(6-8)20-22-19-12/h1-7H,(H,18,21). The zero-order valence-electron chi connectivity index (χ0n) is 11.0. The average Bonchev–Trinajstić information content (AvgIpc) is 2.97. The number of carbonyl (C=O) groups excluding carboxylic acids is 1. The van der Waals surface area contributed by atoms with Gasteiger partial charge in [0.1, 0.15) is 16.9 Å². The first kappa shape index (κ1) is 14.2. The van der Waals surface area contributed by atoms with Crippen LogP contribution in [-0.4, -0.2) is 22.4 Å². The van der Waals surface area contributed by atoms with E-state index in [1.165, 1.54) is 24.3 Å². The maximum absolute atomic E-state index is 13.5. The van der Waals surface area contributed by atoms with E-state index in [0.29, 0.717) is 16.6 Å². The summed E-state index contributed by atoms with van der Waals surface area (Å²) in [7, 11) is 0. The number of hydrogen-bond acceptors (Lipinski definition) is 5. The third-order valence-corrected chi connectivity index (χ3v) is 3.20. The van der Waals surface area contributed by atoms with Crippen LogP contribution in [0.5, 0.6) is 0 Å². The Balaban J connectivity index is 1.75. The molecule has 0 atom stereocenters. The monoisotopic (exact) mass is 318 g/mol. The van der Waals surface area contributed by atoms with Crippen molar-refractivity contribution < 1.29 is 13.8 Å². The molecular weight excluding hydrogens is 311 g/mol. The summed E-state index contributed by atoms with van der Waals surface area (Å²) < 4.78 is 18.1. The van der Waals surface area contributed by atoms with Crippen molar-refractivity contribution in [3.63, 3.8) is 0 Å². The molecule has 3 aromatic rings. The summed E-state index contributed by atoms with van der Waals surface area (Å²) in [6.45, 7) is 0. The fourth-order valence-electron chi connectivity index (χ4n) is 1.78. The largest absolute Gasteiger partial charge is 0.271 e. The van der Waals surface area contributed by atoms with Crippen molar-refractivity contribution >= 4 is 34.8 Å². The summed E-state index contributed by atoms with van der Waals surface area (Å²) in [6, 6.07) is 8.91. The van der Waals surface area contributed by atoms with E-state index < -0.39 is 11.7 Å². The van der Waals surface area contributed by atoms with Gasteiger partial charge in [0.05, 0.1) is 11.2 Å². The Bertz CT molecular complexity index is 858. The molecule has 0 saturated carbocycles. The lowest BCUT2D eigenvalue weighted by Gasteiger charge is -2.01. The molecule has 0 aliphatic rings. The molecule has 0 spiro atoms. The molecule has 0 aliphatic carbocycles. The number of nitrogens with zero attached hydrogens (tertiary/aromatic N) is 3. The predicted octanol–water partition coefficient (Wildman–Crippen LogP) is 2.78. The SMILES string of the molecule is O=C(NN=Cc1c(F)cccc1Cl)c1ccc2nonc2c1. The average molecular weight is 319 g/mol. The molecule has 1 amide bonds. The van der Waals surface area contributed by atoms with Gasteiger partial charge in [-0.15, -0.1) is 0 Å². The van der Waals surface area contributed by atoms with Crippen LogP contribution in [0.3, 0.4) is 0 Å². The first-order valence-corrected chi connectivity index (χ1v) is 6.52. The van der Waals surface area contributed by atoms with Crippen molar-refractivity contribution in [2.75, 3.05) is 0 Å². The maximum Gasteiger partial charge on any atom is 0.271 e. The maximum atomic E-state index is 13.5. The molecule has 0 aliphatic heterocycles. The van der Waals surface area contributed by atoms with Crippen LogP contribution in [0.25, 0.3) is 11.0 Å². The third kappa shape index (κ3) is 2.79.